The van der Waals surface area contributed by atoms with Crippen LogP contribution in [0.4, 0.5) is 0 Å². The van der Waals surface area contributed by atoms with E-state index in [2.05, 4.69) is 4.98 Å². The van der Waals surface area contributed by atoms with Gasteiger partial charge in [0, 0.05) is 12.0 Å². The Kier molecular flexibility index (Phi) is 7.22. The summed E-state index contributed by atoms with van der Waals surface area (Å²) in [6, 6.07) is 12.2. The number of hydrogen-bond donors (Lipinski definition) is 0. The van der Waals surface area contributed by atoms with E-state index in [1.54, 1.807) is 0 Å². The SMILES string of the molecule is O=C(CCCCCOC(=O)c1nc(Cl)ccc1Cl)c1ccccc1. The predicted octanol–water partition coefficient (Wildman–Crippen LogP) is 4.99. The van der Waals surface area contributed by atoms with Crippen LogP contribution in [0.2, 0.25) is 10.2 Å². The van der Waals surface area contributed by atoms with Gasteiger partial charge in [-0.1, -0.05) is 53.5 Å². The maximum Gasteiger partial charge on any atom is 0.358 e. The summed E-state index contributed by atoms with van der Waals surface area (Å²) < 4.78 is 5.13. The highest BCUT2D eigenvalue weighted by molar-refractivity contribution is 6.34. The predicted molar refractivity (Wildman–Crippen MR) is 93.8 cm³/mol. The van der Waals surface area contributed by atoms with Gasteiger partial charge in [0.2, 0.25) is 0 Å². The molecule has 1 heterocycles. The molecular weight excluding hydrogens is 349 g/mol. The van der Waals surface area contributed by atoms with Crippen LogP contribution >= 0.6 is 23.2 Å². The van der Waals surface area contributed by atoms with E-state index in [-0.39, 0.29) is 28.3 Å². The number of carbonyl (C=O) groups is 2. The molecule has 1 aromatic heterocycles. The summed E-state index contributed by atoms with van der Waals surface area (Å²) in [4.78, 5) is 27.6. The van der Waals surface area contributed by atoms with Crippen LogP contribution in [-0.4, -0.2) is 23.3 Å². The number of esters is 1. The molecule has 2 rings (SSSR count). The van der Waals surface area contributed by atoms with Crippen LogP contribution in [0.25, 0.3) is 0 Å². The number of aromatic nitrogens is 1. The van der Waals surface area contributed by atoms with Crippen molar-refractivity contribution >= 4 is 35.0 Å². The van der Waals surface area contributed by atoms with Crippen LogP contribution in [0.1, 0.15) is 46.5 Å². The van der Waals surface area contributed by atoms with Gasteiger partial charge >= 0.3 is 5.97 Å². The standard InChI is InChI=1S/C18H17Cl2NO3/c19-14-10-11-16(20)21-17(14)18(23)24-12-6-2-5-9-15(22)13-7-3-1-4-8-13/h1,3-4,7-8,10-11H,2,5-6,9,12H2. The van der Waals surface area contributed by atoms with Crippen LogP contribution in [-0.2, 0) is 4.74 Å². The van der Waals surface area contributed by atoms with Gasteiger partial charge in [0.25, 0.3) is 0 Å². The molecule has 0 radical (unpaired) electrons. The summed E-state index contributed by atoms with van der Waals surface area (Å²) in [7, 11) is 0. The van der Waals surface area contributed by atoms with Crippen molar-refractivity contribution in [2.75, 3.05) is 6.61 Å². The molecule has 0 spiro atoms. The van der Waals surface area contributed by atoms with Gasteiger partial charge in [-0.15, -0.1) is 0 Å². The molecule has 0 aliphatic rings. The van der Waals surface area contributed by atoms with Gasteiger partial charge in [-0.2, -0.15) is 0 Å². The lowest BCUT2D eigenvalue weighted by molar-refractivity contribution is 0.0490. The summed E-state index contributed by atoms with van der Waals surface area (Å²) in [5.41, 5.74) is 0.744. The van der Waals surface area contributed by atoms with Gasteiger partial charge in [-0.3, -0.25) is 4.79 Å². The zero-order valence-corrected chi connectivity index (χ0v) is 14.5. The second-order valence-corrected chi connectivity index (χ2v) is 5.99. The molecule has 0 atom stereocenters. The Hall–Kier alpha value is -1.91. The molecule has 6 heteroatoms. The van der Waals surface area contributed by atoms with Gasteiger partial charge in [0.05, 0.1) is 11.6 Å². The normalized spacial score (nSPS) is 10.4. The van der Waals surface area contributed by atoms with E-state index in [0.29, 0.717) is 12.8 Å². The first kappa shape index (κ1) is 18.4. The van der Waals surface area contributed by atoms with E-state index in [1.807, 2.05) is 30.3 Å². The number of ether oxygens (including phenoxy) is 1. The summed E-state index contributed by atoms with van der Waals surface area (Å²) in [6.07, 6.45) is 2.70. The Bertz CT molecular complexity index is 705. The number of Topliss-reactive ketones (excluding diaryl/α,β-unsaturated/α-hetero) is 1. The van der Waals surface area contributed by atoms with Gasteiger partial charge in [-0.25, -0.2) is 9.78 Å². The highest BCUT2D eigenvalue weighted by atomic mass is 35.5. The molecule has 0 aliphatic heterocycles. The fourth-order valence-electron chi connectivity index (χ4n) is 2.13. The number of nitrogens with zero attached hydrogens (tertiary/aromatic N) is 1. The molecule has 0 aliphatic carbocycles. The summed E-state index contributed by atoms with van der Waals surface area (Å²) >= 11 is 11.6. The molecule has 24 heavy (non-hydrogen) atoms. The second kappa shape index (κ2) is 9.40. The highest BCUT2D eigenvalue weighted by Crippen LogP contribution is 2.18. The van der Waals surface area contributed by atoms with Crippen LogP contribution in [0.3, 0.4) is 0 Å². The number of halogens is 2. The largest absolute Gasteiger partial charge is 0.461 e. The van der Waals surface area contributed by atoms with Crippen LogP contribution in [0.15, 0.2) is 42.5 Å². The fourth-order valence-corrected chi connectivity index (χ4v) is 2.46. The molecule has 2 aromatic rings. The fraction of sp³-hybridized carbons (Fsp3) is 0.278. The minimum absolute atomic E-state index is 0.0171. The van der Waals surface area contributed by atoms with Crippen LogP contribution < -0.4 is 0 Å². The third-order valence-electron chi connectivity index (χ3n) is 3.38. The highest BCUT2D eigenvalue weighted by Gasteiger charge is 2.14. The van der Waals surface area contributed by atoms with E-state index >= 15 is 0 Å². The van der Waals surface area contributed by atoms with Gasteiger partial charge in [0.1, 0.15) is 5.15 Å². The van der Waals surface area contributed by atoms with Crippen LogP contribution in [0.5, 0.6) is 0 Å². The third kappa shape index (κ3) is 5.62. The van der Waals surface area contributed by atoms with Crippen molar-refractivity contribution in [3.05, 3.63) is 63.9 Å². The molecule has 0 saturated carbocycles. The van der Waals surface area contributed by atoms with Crippen molar-refractivity contribution in [2.24, 2.45) is 0 Å². The Balaban J connectivity index is 1.65. The molecule has 4 nitrogen and oxygen atoms in total. The molecule has 0 bridgehead atoms. The first-order chi connectivity index (χ1) is 11.6. The van der Waals surface area contributed by atoms with Crippen molar-refractivity contribution in [2.45, 2.75) is 25.7 Å². The smallest absolute Gasteiger partial charge is 0.358 e. The molecule has 126 valence electrons. The number of unbranched alkanes of at least 4 members (excludes halogenated alkanes) is 2. The topological polar surface area (TPSA) is 56.3 Å². The first-order valence-electron chi connectivity index (χ1n) is 7.65. The van der Waals surface area contributed by atoms with Crippen molar-refractivity contribution in [3.63, 3.8) is 0 Å². The zero-order chi connectivity index (χ0) is 17.4. The number of carbonyl (C=O) groups excluding carboxylic acids is 2. The number of pyridine rings is 1. The summed E-state index contributed by atoms with van der Waals surface area (Å²) in [5, 5.41) is 0.392. The molecular formula is C18H17Cl2NO3. The average molecular weight is 366 g/mol. The third-order valence-corrected chi connectivity index (χ3v) is 3.90. The number of hydrogen-bond acceptors (Lipinski definition) is 4. The molecule has 0 unspecified atom stereocenters. The van der Waals surface area contributed by atoms with E-state index in [9.17, 15) is 9.59 Å². The van der Waals surface area contributed by atoms with Crippen molar-refractivity contribution in [3.8, 4) is 0 Å². The van der Waals surface area contributed by atoms with Gasteiger partial charge in [-0.05, 0) is 31.4 Å². The Morgan fingerprint density at radius 2 is 1.71 bits per heavy atom. The number of benzene rings is 1. The van der Waals surface area contributed by atoms with E-state index in [1.165, 1.54) is 12.1 Å². The summed E-state index contributed by atoms with van der Waals surface area (Å²) in [6.45, 7) is 0.253. The molecule has 0 amide bonds. The zero-order valence-electron chi connectivity index (χ0n) is 13.0. The minimum Gasteiger partial charge on any atom is -0.461 e. The maximum atomic E-state index is 11.9. The Morgan fingerprint density at radius 1 is 0.958 bits per heavy atom. The monoisotopic (exact) mass is 365 g/mol. The van der Waals surface area contributed by atoms with Crippen molar-refractivity contribution < 1.29 is 14.3 Å². The minimum atomic E-state index is -0.595. The van der Waals surface area contributed by atoms with Crippen molar-refractivity contribution in [1.82, 2.24) is 4.98 Å². The van der Waals surface area contributed by atoms with E-state index < -0.39 is 5.97 Å². The molecule has 0 saturated heterocycles. The number of ketones is 1. The quantitative estimate of drug-likeness (QED) is 0.286. The lowest BCUT2D eigenvalue weighted by Crippen LogP contribution is -2.09. The lowest BCUT2D eigenvalue weighted by Gasteiger charge is -2.06. The molecule has 0 N–H and O–H groups in total. The maximum absolute atomic E-state index is 11.9. The average Bonchev–Trinajstić information content (AvgIpc) is 2.60. The Labute approximate surface area is 150 Å². The Morgan fingerprint density at radius 3 is 2.46 bits per heavy atom. The molecule has 0 fully saturated rings. The van der Waals surface area contributed by atoms with Gasteiger partial charge in [0.15, 0.2) is 11.5 Å². The number of rotatable bonds is 8. The molecule has 1 aromatic carbocycles. The van der Waals surface area contributed by atoms with Gasteiger partial charge < -0.3 is 4.74 Å². The van der Waals surface area contributed by atoms with Crippen molar-refractivity contribution in [1.29, 1.82) is 0 Å². The van der Waals surface area contributed by atoms with E-state index in [0.717, 1.165) is 18.4 Å². The first-order valence-corrected chi connectivity index (χ1v) is 8.41. The van der Waals surface area contributed by atoms with Crippen LogP contribution in [0, 0.1) is 0 Å². The van der Waals surface area contributed by atoms with E-state index in [4.69, 9.17) is 27.9 Å². The second-order valence-electron chi connectivity index (χ2n) is 5.20. The summed E-state index contributed by atoms with van der Waals surface area (Å²) in [5.74, 6) is -0.467. The lowest BCUT2D eigenvalue weighted by atomic mass is 10.1.